The van der Waals surface area contributed by atoms with E-state index in [1.54, 1.807) is 0 Å². The van der Waals surface area contributed by atoms with Gasteiger partial charge in [0.15, 0.2) is 0 Å². The van der Waals surface area contributed by atoms with Gasteiger partial charge in [-0.1, -0.05) is 24.4 Å². The number of amidine groups is 1. The van der Waals surface area contributed by atoms with Crippen molar-refractivity contribution in [3.05, 3.63) is 27.4 Å². The minimum absolute atomic E-state index is 0.276. The maximum atomic E-state index is 13.1. The van der Waals surface area contributed by atoms with E-state index in [0.717, 1.165) is 12.8 Å². The van der Waals surface area contributed by atoms with Gasteiger partial charge in [-0.2, -0.15) is 0 Å². The topological polar surface area (TPSA) is 38.4 Å². The van der Waals surface area contributed by atoms with Gasteiger partial charge in [0.2, 0.25) is 0 Å². The molecule has 0 saturated heterocycles. The van der Waals surface area contributed by atoms with Crippen molar-refractivity contribution in [3.63, 3.8) is 0 Å². The molecule has 0 aliphatic heterocycles. The number of aliphatic imine (C=N–C) groups is 1. The van der Waals surface area contributed by atoms with Gasteiger partial charge in [0.1, 0.15) is 11.7 Å². The molecule has 1 aromatic rings. The van der Waals surface area contributed by atoms with Crippen molar-refractivity contribution < 1.29 is 4.39 Å². The molecular formula is C12H13BrClFN2. The molecular weight excluding hydrogens is 307 g/mol. The predicted molar refractivity (Wildman–Crippen MR) is 72.4 cm³/mol. The number of rotatable bonds is 2. The number of halogens is 3. The summed E-state index contributed by atoms with van der Waals surface area (Å²) in [5.74, 6) is 0.542. The first kappa shape index (κ1) is 12.8. The number of nitrogens with two attached hydrogens (primary N) is 1. The van der Waals surface area contributed by atoms with Crippen LogP contribution < -0.4 is 5.73 Å². The Morgan fingerprint density at radius 3 is 2.65 bits per heavy atom. The van der Waals surface area contributed by atoms with E-state index in [-0.39, 0.29) is 10.8 Å². The highest BCUT2D eigenvalue weighted by Gasteiger charge is 2.19. The summed E-state index contributed by atoms with van der Waals surface area (Å²) in [5, 5.41) is 0.276. The molecule has 2 N–H and O–H groups in total. The summed E-state index contributed by atoms with van der Waals surface area (Å²) in [5.41, 5.74) is 6.48. The van der Waals surface area contributed by atoms with Gasteiger partial charge in [0.25, 0.3) is 0 Å². The third-order valence-electron chi connectivity index (χ3n) is 3.00. The van der Waals surface area contributed by atoms with Gasteiger partial charge in [0, 0.05) is 10.4 Å². The summed E-state index contributed by atoms with van der Waals surface area (Å²) in [7, 11) is 0. The van der Waals surface area contributed by atoms with Crippen LogP contribution >= 0.6 is 27.5 Å². The lowest BCUT2D eigenvalue weighted by atomic mass is 10.1. The molecule has 1 fully saturated rings. The smallest absolute Gasteiger partial charge is 0.125 e. The van der Waals surface area contributed by atoms with E-state index in [1.165, 1.54) is 25.0 Å². The zero-order valence-corrected chi connectivity index (χ0v) is 11.6. The third kappa shape index (κ3) is 2.99. The summed E-state index contributed by atoms with van der Waals surface area (Å²) < 4.78 is 13.6. The van der Waals surface area contributed by atoms with Crippen LogP contribution in [0.3, 0.4) is 0 Å². The van der Waals surface area contributed by atoms with Crippen LogP contribution in [0.25, 0.3) is 0 Å². The summed E-state index contributed by atoms with van der Waals surface area (Å²) >= 11 is 9.20. The molecule has 1 aromatic carbocycles. The number of hydrogen-bond donors (Lipinski definition) is 1. The summed E-state index contributed by atoms with van der Waals surface area (Å²) in [6.45, 7) is 0. The molecule has 0 bridgehead atoms. The van der Waals surface area contributed by atoms with Gasteiger partial charge >= 0.3 is 0 Å². The van der Waals surface area contributed by atoms with E-state index < -0.39 is 0 Å². The Hall–Kier alpha value is -0.610. The van der Waals surface area contributed by atoms with E-state index in [9.17, 15) is 4.39 Å². The van der Waals surface area contributed by atoms with Crippen LogP contribution in [-0.2, 0) is 0 Å². The molecule has 0 atom stereocenters. The second-order valence-corrected chi connectivity index (χ2v) is 5.50. The third-order valence-corrected chi connectivity index (χ3v) is 3.89. The Morgan fingerprint density at radius 1 is 1.41 bits per heavy atom. The second kappa shape index (κ2) is 5.36. The average molecular weight is 320 g/mol. The molecule has 0 aromatic heterocycles. The fraction of sp³-hybridized carbons (Fsp3) is 0.417. The Bertz CT molecular complexity index is 433. The highest BCUT2D eigenvalue weighted by molar-refractivity contribution is 9.10. The van der Waals surface area contributed by atoms with Crippen molar-refractivity contribution in [1.82, 2.24) is 0 Å². The first-order chi connectivity index (χ1) is 8.08. The second-order valence-electron chi connectivity index (χ2n) is 4.24. The molecule has 1 aliphatic rings. The largest absolute Gasteiger partial charge is 0.387 e. The molecule has 1 saturated carbocycles. The molecule has 0 radical (unpaired) electrons. The van der Waals surface area contributed by atoms with Crippen molar-refractivity contribution in [2.75, 3.05) is 0 Å². The van der Waals surface area contributed by atoms with E-state index in [2.05, 4.69) is 20.9 Å². The van der Waals surface area contributed by atoms with Gasteiger partial charge in [0.05, 0.1) is 10.7 Å². The standard InChI is InChI=1S/C12H13BrClFN2/c13-9-5-8(15)6-10(14)11(9)17-12(16)7-3-1-2-4-7/h5-7H,1-4H2,(H2,16,17). The molecule has 1 aliphatic carbocycles. The van der Waals surface area contributed by atoms with Gasteiger partial charge in [-0.3, -0.25) is 0 Å². The number of nitrogens with zero attached hydrogens (tertiary/aromatic N) is 1. The lowest BCUT2D eigenvalue weighted by Crippen LogP contribution is -2.20. The Morgan fingerprint density at radius 2 is 2.06 bits per heavy atom. The normalized spacial score (nSPS) is 17.7. The molecule has 0 spiro atoms. The number of hydrogen-bond acceptors (Lipinski definition) is 1. The van der Waals surface area contributed by atoms with Crippen LogP contribution in [-0.4, -0.2) is 5.84 Å². The van der Waals surface area contributed by atoms with Crippen molar-refractivity contribution in [2.24, 2.45) is 16.6 Å². The van der Waals surface area contributed by atoms with Crippen molar-refractivity contribution in [1.29, 1.82) is 0 Å². The minimum atomic E-state index is -0.389. The monoisotopic (exact) mass is 318 g/mol. The van der Waals surface area contributed by atoms with Crippen LogP contribution in [0.1, 0.15) is 25.7 Å². The summed E-state index contributed by atoms with van der Waals surface area (Å²) in [6, 6.07) is 2.58. The quantitative estimate of drug-likeness (QED) is 0.636. The van der Waals surface area contributed by atoms with Gasteiger partial charge < -0.3 is 5.73 Å². The van der Waals surface area contributed by atoms with Crippen molar-refractivity contribution in [3.8, 4) is 0 Å². The van der Waals surface area contributed by atoms with E-state index >= 15 is 0 Å². The lowest BCUT2D eigenvalue weighted by molar-refractivity contribution is 0.627. The van der Waals surface area contributed by atoms with Crippen LogP contribution in [0.2, 0.25) is 5.02 Å². The first-order valence-electron chi connectivity index (χ1n) is 5.56. The Balaban J connectivity index is 2.31. The fourth-order valence-corrected chi connectivity index (χ4v) is 2.97. The van der Waals surface area contributed by atoms with Gasteiger partial charge in [-0.15, -0.1) is 0 Å². The molecule has 92 valence electrons. The van der Waals surface area contributed by atoms with E-state index in [0.29, 0.717) is 21.9 Å². The number of benzene rings is 1. The zero-order valence-electron chi connectivity index (χ0n) is 9.22. The van der Waals surface area contributed by atoms with Crippen molar-refractivity contribution >= 4 is 39.1 Å². The Kier molecular flexibility index (Phi) is 4.05. The minimum Gasteiger partial charge on any atom is -0.387 e. The highest BCUT2D eigenvalue weighted by Crippen LogP contribution is 2.35. The van der Waals surface area contributed by atoms with E-state index in [4.69, 9.17) is 17.3 Å². The molecule has 17 heavy (non-hydrogen) atoms. The maximum Gasteiger partial charge on any atom is 0.125 e. The zero-order chi connectivity index (χ0) is 12.4. The molecule has 0 heterocycles. The summed E-state index contributed by atoms with van der Waals surface area (Å²) in [4.78, 5) is 4.33. The molecule has 5 heteroatoms. The molecule has 0 amide bonds. The van der Waals surface area contributed by atoms with Crippen LogP contribution in [0, 0.1) is 11.7 Å². The van der Waals surface area contributed by atoms with Crippen molar-refractivity contribution in [2.45, 2.75) is 25.7 Å². The SMILES string of the molecule is NC(=Nc1c(Cl)cc(F)cc1Br)C1CCCC1. The fourth-order valence-electron chi connectivity index (χ4n) is 2.08. The van der Waals surface area contributed by atoms with E-state index in [1.807, 2.05) is 0 Å². The Labute approximate surface area is 113 Å². The predicted octanol–water partition coefficient (Wildman–Crippen LogP) is 4.42. The maximum absolute atomic E-state index is 13.1. The van der Waals surface area contributed by atoms with Gasteiger partial charge in [-0.05, 0) is 40.9 Å². The molecule has 2 rings (SSSR count). The van der Waals surface area contributed by atoms with Crippen LogP contribution in [0.15, 0.2) is 21.6 Å². The average Bonchev–Trinajstić information content (AvgIpc) is 2.76. The highest BCUT2D eigenvalue weighted by atomic mass is 79.9. The van der Waals surface area contributed by atoms with Crippen LogP contribution in [0.5, 0.6) is 0 Å². The first-order valence-corrected chi connectivity index (χ1v) is 6.73. The van der Waals surface area contributed by atoms with Gasteiger partial charge in [-0.25, -0.2) is 9.38 Å². The van der Waals surface area contributed by atoms with Crippen LogP contribution in [0.4, 0.5) is 10.1 Å². The molecule has 0 unspecified atom stereocenters. The lowest BCUT2D eigenvalue weighted by Gasteiger charge is -2.09. The molecule has 2 nitrogen and oxygen atoms in total. The summed E-state index contributed by atoms with van der Waals surface area (Å²) in [6.07, 6.45) is 4.54.